The van der Waals surface area contributed by atoms with Gasteiger partial charge in [0.1, 0.15) is 6.26 Å². The third-order valence-corrected chi connectivity index (χ3v) is 2.51. The highest BCUT2D eigenvalue weighted by atomic mass is 16.3. The second-order valence-electron chi connectivity index (χ2n) is 3.74. The first kappa shape index (κ1) is 9.84. The van der Waals surface area contributed by atoms with E-state index in [2.05, 4.69) is 10.1 Å². The maximum Gasteiger partial charge on any atom is 0.180 e. The molecule has 0 saturated carbocycles. The van der Waals surface area contributed by atoms with Gasteiger partial charge >= 0.3 is 0 Å². The van der Waals surface area contributed by atoms with Crippen LogP contribution in [0.3, 0.4) is 0 Å². The van der Waals surface area contributed by atoms with Crippen molar-refractivity contribution in [3.63, 3.8) is 0 Å². The smallest absolute Gasteiger partial charge is 0.180 e. The van der Waals surface area contributed by atoms with Crippen LogP contribution in [0.2, 0.25) is 0 Å². The summed E-state index contributed by atoms with van der Waals surface area (Å²) in [7, 11) is 0. The monoisotopic (exact) mass is 225 g/mol. The minimum atomic E-state index is 0.691. The van der Waals surface area contributed by atoms with Gasteiger partial charge < -0.3 is 4.42 Å². The molecule has 2 heterocycles. The van der Waals surface area contributed by atoms with Crippen molar-refractivity contribution in [2.75, 3.05) is 0 Å². The number of hydrogen-bond acceptors (Lipinski definition) is 3. The molecule has 0 unspecified atom stereocenters. The Morgan fingerprint density at radius 2 is 1.94 bits per heavy atom. The van der Waals surface area contributed by atoms with E-state index in [9.17, 15) is 0 Å². The van der Waals surface area contributed by atoms with Crippen LogP contribution in [-0.2, 0) is 6.42 Å². The highest BCUT2D eigenvalue weighted by Crippen LogP contribution is 2.09. The number of nitrogens with zero attached hydrogens (tertiary/aromatic N) is 3. The molecule has 84 valence electrons. The molecule has 0 aliphatic heterocycles. The fourth-order valence-electron chi connectivity index (χ4n) is 1.69. The summed E-state index contributed by atoms with van der Waals surface area (Å²) >= 11 is 0. The minimum Gasteiger partial charge on any atom is -0.451 e. The summed E-state index contributed by atoms with van der Waals surface area (Å²) in [5.41, 5.74) is 2.92. The lowest BCUT2D eigenvalue weighted by atomic mass is 10.2. The molecule has 0 fully saturated rings. The Hall–Kier alpha value is -2.36. The normalized spacial score (nSPS) is 10.6. The summed E-state index contributed by atoms with van der Waals surface area (Å²) in [6.07, 6.45) is 5.71. The molecule has 0 bridgehead atoms. The highest BCUT2D eigenvalue weighted by molar-refractivity contribution is 5.30. The van der Waals surface area contributed by atoms with Gasteiger partial charge in [-0.3, -0.25) is 0 Å². The summed E-state index contributed by atoms with van der Waals surface area (Å²) in [5, 5.41) is 4.49. The molecule has 0 N–H and O–H groups in total. The van der Waals surface area contributed by atoms with E-state index < -0.39 is 0 Å². The molecule has 0 radical (unpaired) electrons. The molecule has 0 atom stereocenters. The van der Waals surface area contributed by atoms with Crippen molar-refractivity contribution in [3.05, 3.63) is 66.6 Å². The topological polar surface area (TPSA) is 43.9 Å². The summed E-state index contributed by atoms with van der Waals surface area (Å²) in [6, 6.07) is 12.0. The Bertz CT molecular complexity index is 584. The molecule has 3 aromatic rings. The van der Waals surface area contributed by atoms with E-state index in [0.29, 0.717) is 6.42 Å². The van der Waals surface area contributed by atoms with E-state index in [1.807, 2.05) is 47.3 Å². The predicted molar refractivity (Wildman–Crippen MR) is 62.9 cm³/mol. The van der Waals surface area contributed by atoms with Gasteiger partial charge in [-0.25, -0.2) is 9.67 Å². The van der Waals surface area contributed by atoms with E-state index in [1.54, 1.807) is 6.26 Å². The molecule has 3 rings (SSSR count). The third kappa shape index (κ3) is 2.10. The van der Waals surface area contributed by atoms with E-state index >= 15 is 0 Å². The minimum absolute atomic E-state index is 0.691. The molecular formula is C13H11N3O. The molecule has 0 amide bonds. The van der Waals surface area contributed by atoms with Crippen LogP contribution < -0.4 is 0 Å². The molecule has 4 nitrogen and oxygen atoms in total. The maximum atomic E-state index is 4.93. The molecule has 0 saturated heterocycles. The Morgan fingerprint density at radius 1 is 1.06 bits per heavy atom. The molecule has 1 aromatic carbocycles. The largest absolute Gasteiger partial charge is 0.451 e. The van der Waals surface area contributed by atoms with Crippen LogP contribution in [0, 0.1) is 0 Å². The molecular weight excluding hydrogens is 214 g/mol. The number of rotatable bonds is 3. The predicted octanol–water partition coefficient (Wildman–Crippen LogP) is 2.45. The zero-order chi connectivity index (χ0) is 11.5. The Balaban J connectivity index is 1.84. The van der Waals surface area contributed by atoms with E-state index in [-0.39, 0.29) is 0 Å². The van der Waals surface area contributed by atoms with Gasteiger partial charge in [0.25, 0.3) is 0 Å². The second-order valence-corrected chi connectivity index (χ2v) is 3.74. The highest BCUT2D eigenvalue weighted by Gasteiger charge is 2.03. The Morgan fingerprint density at radius 3 is 2.71 bits per heavy atom. The van der Waals surface area contributed by atoms with Crippen LogP contribution >= 0.6 is 0 Å². The summed E-state index contributed by atoms with van der Waals surface area (Å²) in [4.78, 5) is 4.08. The van der Waals surface area contributed by atoms with Crippen LogP contribution in [0.15, 0.2) is 59.7 Å². The van der Waals surface area contributed by atoms with Gasteiger partial charge in [-0.15, -0.1) is 0 Å². The van der Waals surface area contributed by atoms with Crippen molar-refractivity contribution in [2.24, 2.45) is 0 Å². The molecule has 0 aliphatic rings. The zero-order valence-electron chi connectivity index (χ0n) is 9.15. The van der Waals surface area contributed by atoms with Crippen molar-refractivity contribution in [3.8, 4) is 5.69 Å². The van der Waals surface area contributed by atoms with Gasteiger partial charge in [-0.1, -0.05) is 18.2 Å². The maximum absolute atomic E-state index is 4.93. The Labute approximate surface area is 98.5 Å². The van der Waals surface area contributed by atoms with Gasteiger partial charge in [0.2, 0.25) is 0 Å². The van der Waals surface area contributed by atoms with E-state index in [0.717, 1.165) is 17.1 Å². The SMILES string of the molecule is c1ccc(-n2ccc(Cc3cocn3)n2)cc1. The molecule has 2 aromatic heterocycles. The fraction of sp³-hybridized carbons (Fsp3) is 0.0769. The third-order valence-electron chi connectivity index (χ3n) is 2.51. The lowest BCUT2D eigenvalue weighted by molar-refractivity contribution is 0.556. The fourth-order valence-corrected chi connectivity index (χ4v) is 1.69. The number of benzene rings is 1. The van der Waals surface area contributed by atoms with Crippen LogP contribution in [0.5, 0.6) is 0 Å². The first-order valence-corrected chi connectivity index (χ1v) is 5.39. The van der Waals surface area contributed by atoms with Gasteiger partial charge in [0.15, 0.2) is 6.39 Å². The second kappa shape index (κ2) is 4.25. The van der Waals surface area contributed by atoms with Crippen LogP contribution in [0.25, 0.3) is 5.69 Å². The molecule has 0 aliphatic carbocycles. The summed E-state index contributed by atoms with van der Waals surface area (Å²) in [6.45, 7) is 0. The van der Waals surface area contributed by atoms with E-state index in [4.69, 9.17) is 4.42 Å². The van der Waals surface area contributed by atoms with Crippen LogP contribution in [0.1, 0.15) is 11.4 Å². The molecule has 17 heavy (non-hydrogen) atoms. The zero-order valence-corrected chi connectivity index (χ0v) is 9.15. The number of aromatic nitrogens is 3. The molecule has 4 heteroatoms. The van der Waals surface area contributed by atoms with Crippen molar-refractivity contribution in [2.45, 2.75) is 6.42 Å². The number of oxazole rings is 1. The van der Waals surface area contributed by atoms with Gasteiger partial charge in [0, 0.05) is 12.6 Å². The lowest BCUT2D eigenvalue weighted by Gasteiger charge is -1.99. The van der Waals surface area contributed by atoms with E-state index in [1.165, 1.54) is 6.39 Å². The first-order valence-electron chi connectivity index (χ1n) is 5.39. The number of hydrogen-bond donors (Lipinski definition) is 0. The van der Waals surface area contributed by atoms with Gasteiger partial charge in [-0.05, 0) is 18.2 Å². The van der Waals surface area contributed by atoms with Gasteiger partial charge in [-0.2, -0.15) is 5.10 Å². The summed E-state index contributed by atoms with van der Waals surface area (Å²) < 4.78 is 6.79. The van der Waals surface area contributed by atoms with Crippen molar-refractivity contribution in [1.82, 2.24) is 14.8 Å². The van der Waals surface area contributed by atoms with Crippen molar-refractivity contribution in [1.29, 1.82) is 0 Å². The van der Waals surface area contributed by atoms with Crippen molar-refractivity contribution >= 4 is 0 Å². The average molecular weight is 225 g/mol. The number of para-hydroxylation sites is 1. The standard InChI is InChI=1S/C13H11N3O/c1-2-4-13(5-3-1)16-7-6-11(15-16)8-12-9-17-10-14-12/h1-7,9-10H,8H2. The van der Waals surface area contributed by atoms with Gasteiger partial charge in [0.05, 0.1) is 17.1 Å². The summed E-state index contributed by atoms with van der Waals surface area (Å²) in [5.74, 6) is 0. The quantitative estimate of drug-likeness (QED) is 0.687. The lowest BCUT2D eigenvalue weighted by Crippen LogP contribution is -1.96. The molecule has 0 spiro atoms. The van der Waals surface area contributed by atoms with Crippen molar-refractivity contribution < 1.29 is 4.42 Å². The Kier molecular flexibility index (Phi) is 2.46. The van der Waals surface area contributed by atoms with Crippen LogP contribution in [-0.4, -0.2) is 14.8 Å². The first-order chi connectivity index (χ1) is 8.42. The van der Waals surface area contributed by atoms with Crippen LogP contribution in [0.4, 0.5) is 0 Å². The average Bonchev–Trinajstić information content (AvgIpc) is 3.02.